The first kappa shape index (κ1) is 13.0. The van der Waals surface area contributed by atoms with Gasteiger partial charge in [0.1, 0.15) is 0 Å². The maximum Gasteiger partial charge on any atom is 0.0982 e. The molecule has 1 aliphatic rings. The zero-order valence-electron chi connectivity index (χ0n) is 10.3. The van der Waals surface area contributed by atoms with Crippen LogP contribution in [0, 0.1) is 0 Å². The second-order valence-electron chi connectivity index (χ2n) is 4.66. The Morgan fingerprint density at radius 3 is 3.06 bits per heavy atom. The highest BCUT2D eigenvalue weighted by Gasteiger charge is 2.21. The summed E-state index contributed by atoms with van der Waals surface area (Å²) in [6.45, 7) is 3.52. The van der Waals surface area contributed by atoms with Gasteiger partial charge in [-0.3, -0.25) is 0 Å². The normalized spacial score (nSPS) is 24.5. The van der Waals surface area contributed by atoms with Crippen LogP contribution in [0.25, 0.3) is 0 Å². The minimum Gasteiger partial charge on any atom is -0.376 e. The van der Waals surface area contributed by atoms with Crippen molar-refractivity contribution in [1.29, 1.82) is 0 Å². The summed E-state index contributed by atoms with van der Waals surface area (Å²) >= 11 is 1.68. The van der Waals surface area contributed by atoms with Crippen LogP contribution in [0.3, 0.4) is 0 Å². The molecule has 0 bridgehead atoms. The van der Waals surface area contributed by atoms with Crippen molar-refractivity contribution in [1.82, 2.24) is 0 Å². The Morgan fingerprint density at radius 2 is 2.47 bits per heavy atom. The highest BCUT2D eigenvalue weighted by Crippen LogP contribution is 2.24. The lowest BCUT2D eigenvalue weighted by atomic mass is 10.1. The van der Waals surface area contributed by atoms with Crippen molar-refractivity contribution in [3.05, 3.63) is 22.4 Å². The largest absolute Gasteiger partial charge is 0.376 e. The van der Waals surface area contributed by atoms with E-state index in [2.05, 4.69) is 16.8 Å². The molecular weight excluding hydrogens is 234 g/mol. The molecular formula is C13H21NO2S. The molecule has 0 aromatic carbocycles. The Morgan fingerprint density at radius 1 is 1.59 bits per heavy atom. The van der Waals surface area contributed by atoms with E-state index >= 15 is 0 Å². The fourth-order valence-electron chi connectivity index (χ4n) is 2.14. The van der Waals surface area contributed by atoms with E-state index in [1.54, 1.807) is 11.3 Å². The van der Waals surface area contributed by atoms with E-state index in [0.29, 0.717) is 6.61 Å². The van der Waals surface area contributed by atoms with Gasteiger partial charge in [-0.15, -0.1) is 0 Å². The van der Waals surface area contributed by atoms with Crippen molar-refractivity contribution < 1.29 is 9.47 Å². The summed E-state index contributed by atoms with van der Waals surface area (Å²) in [5, 5.41) is 4.17. The van der Waals surface area contributed by atoms with E-state index in [4.69, 9.17) is 15.2 Å². The SMILES string of the molecule is CC(N)C(OCC1CCCCO1)c1ccsc1. The number of nitrogens with two attached hydrogens (primary N) is 1. The molecule has 1 aromatic rings. The van der Waals surface area contributed by atoms with Crippen LogP contribution < -0.4 is 5.73 Å². The molecule has 2 N–H and O–H groups in total. The third-order valence-corrected chi connectivity index (χ3v) is 3.79. The first-order chi connectivity index (χ1) is 8.27. The molecule has 0 amide bonds. The smallest absolute Gasteiger partial charge is 0.0982 e. The quantitative estimate of drug-likeness (QED) is 0.880. The summed E-state index contributed by atoms with van der Waals surface area (Å²) in [6.07, 6.45) is 3.78. The number of hydrogen-bond donors (Lipinski definition) is 1. The van der Waals surface area contributed by atoms with Gasteiger partial charge in [0.25, 0.3) is 0 Å². The van der Waals surface area contributed by atoms with Crippen LogP contribution in [0.4, 0.5) is 0 Å². The molecule has 0 saturated carbocycles. The molecule has 96 valence electrons. The van der Waals surface area contributed by atoms with Crippen molar-refractivity contribution in [3.63, 3.8) is 0 Å². The Bertz CT molecular complexity index is 307. The van der Waals surface area contributed by atoms with Crippen molar-refractivity contribution in [3.8, 4) is 0 Å². The second-order valence-corrected chi connectivity index (χ2v) is 5.44. The van der Waals surface area contributed by atoms with Crippen LogP contribution in [-0.2, 0) is 9.47 Å². The van der Waals surface area contributed by atoms with Crippen LogP contribution in [0.15, 0.2) is 16.8 Å². The predicted molar refractivity (Wildman–Crippen MR) is 70.3 cm³/mol. The van der Waals surface area contributed by atoms with Crippen LogP contribution in [-0.4, -0.2) is 25.4 Å². The standard InChI is InChI=1S/C13H21NO2S/c1-10(14)13(11-5-7-17-9-11)16-8-12-4-2-3-6-15-12/h5,7,9-10,12-13H,2-4,6,8,14H2,1H3. The van der Waals surface area contributed by atoms with Gasteiger partial charge in [0.05, 0.1) is 18.8 Å². The van der Waals surface area contributed by atoms with Crippen LogP contribution in [0.2, 0.25) is 0 Å². The molecule has 0 aliphatic carbocycles. The predicted octanol–water partition coefficient (Wildman–Crippen LogP) is 2.72. The minimum atomic E-state index is -0.00761. The molecule has 1 fully saturated rings. The van der Waals surface area contributed by atoms with Gasteiger partial charge in [-0.2, -0.15) is 11.3 Å². The van der Waals surface area contributed by atoms with Crippen molar-refractivity contribution in [2.75, 3.05) is 13.2 Å². The van der Waals surface area contributed by atoms with E-state index in [1.807, 2.05) is 6.92 Å². The maximum atomic E-state index is 5.98. The molecule has 0 spiro atoms. The van der Waals surface area contributed by atoms with Crippen molar-refractivity contribution in [2.45, 2.75) is 44.4 Å². The average molecular weight is 255 g/mol. The van der Waals surface area contributed by atoms with Gasteiger partial charge in [0, 0.05) is 12.6 Å². The maximum absolute atomic E-state index is 5.98. The van der Waals surface area contributed by atoms with Gasteiger partial charge < -0.3 is 15.2 Å². The van der Waals surface area contributed by atoms with Crippen molar-refractivity contribution in [2.24, 2.45) is 5.73 Å². The lowest BCUT2D eigenvalue weighted by Gasteiger charge is -2.26. The molecule has 1 aliphatic heterocycles. The minimum absolute atomic E-state index is 0.00758. The number of hydrogen-bond acceptors (Lipinski definition) is 4. The van der Waals surface area contributed by atoms with Gasteiger partial charge in [-0.05, 0) is 48.6 Å². The Kier molecular flexibility index (Phi) is 4.98. The van der Waals surface area contributed by atoms with Gasteiger partial charge >= 0.3 is 0 Å². The van der Waals surface area contributed by atoms with Gasteiger partial charge in [0.2, 0.25) is 0 Å². The topological polar surface area (TPSA) is 44.5 Å². The highest BCUT2D eigenvalue weighted by atomic mass is 32.1. The second kappa shape index (κ2) is 6.50. The van der Waals surface area contributed by atoms with E-state index in [-0.39, 0.29) is 18.2 Å². The first-order valence-electron chi connectivity index (χ1n) is 6.28. The molecule has 1 aromatic heterocycles. The van der Waals surface area contributed by atoms with Gasteiger partial charge in [0.15, 0.2) is 0 Å². The Balaban J connectivity index is 1.85. The summed E-state index contributed by atoms with van der Waals surface area (Å²) in [6, 6.07) is 2.09. The summed E-state index contributed by atoms with van der Waals surface area (Å²) in [5.74, 6) is 0. The summed E-state index contributed by atoms with van der Waals surface area (Å²) in [7, 11) is 0. The van der Waals surface area contributed by atoms with Crippen LogP contribution in [0.1, 0.15) is 37.9 Å². The van der Waals surface area contributed by atoms with Gasteiger partial charge in [-0.1, -0.05) is 0 Å². The van der Waals surface area contributed by atoms with Gasteiger partial charge in [-0.25, -0.2) is 0 Å². The van der Waals surface area contributed by atoms with E-state index in [9.17, 15) is 0 Å². The lowest BCUT2D eigenvalue weighted by molar-refractivity contribution is -0.0679. The van der Waals surface area contributed by atoms with E-state index < -0.39 is 0 Å². The summed E-state index contributed by atoms with van der Waals surface area (Å²) in [5.41, 5.74) is 7.16. The summed E-state index contributed by atoms with van der Waals surface area (Å²) < 4.78 is 11.6. The summed E-state index contributed by atoms with van der Waals surface area (Å²) in [4.78, 5) is 0. The molecule has 3 atom stereocenters. The van der Waals surface area contributed by atoms with Crippen LogP contribution in [0.5, 0.6) is 0 Å². The lowest BCUT2D eigenvalue weighted by Crippen LogP contribution is -2.31. The molecule has 0 radical (unpaired) electrons. The Hall–Kier alpha value is -0.420. The first-order valence-corrected chi connectivity index (χ1v) is 7.22. The fraction of sp³-hybridized carbons (Fsp3) is 0.692. The molecule has 2 rings (SSSR count). The monoisotopic (exact) mass is 255 g/mol. The molecule has 3 nitrogen and oxygen atoms in total. The molecule has 2 heterocycles. The van der Waals surface area contributed by atoms with Crippen molar-refractivity contribution >= 4 is 11.3 Å². The average Bonchev–Trinajstić information content (AvgIpc) is 2.84. The number of ether oxygens (including phenoxy) is 2. The fourth-order valence-corrected chi connectivity index (χ4v) is 2.82. The molecule has 3 unspecified atom stereocenters. The third-order valence-electron chi connectivity index (χ3n) is 3.08. The zero-order chi connectivity index (χ0) is 12.1. The zero-order valence-corrected chi connectivity index (χ0v) is 11.1. The third kappa shape index (κ3) is 3.78. The molecule has 4 heteroatoms. The van der Waals surface area contributed by atoms with Crippen LogP contribution >= 0.6 is 11.3 Å². The van der Waals surface area contributed by atoms with E-state index in [1.165, 1.54) is 18.4 Å². The van der Waals surface area contributed by atoms with E-state index in [0.717, 1.165) is 13.0 Å². The molecule has 1 saturated heterocycles. The number of rotatable bonds is 5. The highest BCUT2D eigenvalue weighted by molar-refractivity contribution is 7.07. The Labute approximate surface area is 107 Å². The molecule has 17 heavy (non-hydrogen) atoms. The number of thiophene rings is 1.